The Labute approximate surface area is 154 Å². The van der Waals surface area contributed by atoms with Crippen molar-refractivity contribution in [2.45, 2.75) is 49.8 Å². The Balaban J connectivity index is 0.000000160. The molecule has 0 bridgehead atoms. The average Bonchev–Trinajstić information content (AvgIpc) is 3.32. The summed E-state index contributed by atoms with van der Waals surface area (Å²) in [7, 11) is -4.02. The predicted octanol–water partition coefficient (Wildman–Crippen LogP) is 2.51. The minimum Gasteiger partial charge on any atom is -0.368 e. The van der Waals surface area contributed by atoms with Crippen molar-refractivity contribution in [1.29, 1.82) is 0 Å². The van der Waals surface area contributed by atoms with Gasteiger partial charge in [-0.3, -0.25) is 9.23 Å². The van der Waals surface area contributed by atoms with Crippen LogP contribution in [0.5, 0.6) is 0 Å². The maximum Gasteiger partial charge on any atom is 0.294 e. The number of morpholine rings is 1. The van der Waals surface area contributed by atoms with Crippen molar-refractivity contribution in [1.82, 2.24) is 15.1 Å². The molecule has 2 fully saturated rings. The highest BCUT2D eigenvalue weighted by molar-refractivity contribution is 7.85. The Morgan fingerprint density at radius 1 is 1.23 bits per heavy atom. The number of ether oxygens (including phenoxy) is 1. The van der Waals surface area contributed by atoms with Gasteiger partial charge in [0.15, 0.2) is 0 Å². The number of aromatic nitrogens is 2. The molecule has 26 heavy (non-hydrogen) atoms. The van der Waals surface area contributed by atoms with E-state index in [0.29, 0.717) is 12.1 Å². The summed E-state index contributed by atoms with van der Waals surface area (Å²) in [6.07, 6.45) is 7.13. The van der Waals surface area contributed by atoms with Crippen LogP contribution >= 0.6 is 0 Å². The van der Waals surface area contributed by atoms with Crippen molar-refractivity contribution >= 4 is 10.1 Å². The lowest BCUT2D eigenvalue weighted by Gasteiger charge is -2.27. The number of hydrogen-bond acceptors (Lipinski definition) is 5. The first kappa shape index (κ1) is 19.0. The first-order chi connectivity index (χ1) is 12.3. The van der Waals surface area contributed by atoms with Gasteiger partial charge >= 0.3 is 0 Å². The van der Waals surface area contributed by atoms with Crippen LogP contribution in [0.3, 0.4) is 0 Å². The Kier molecular flexibility index (Phi) is 5.76. The molecule has 0 amide bonds. The van der Waals surface area contributed by atoms with E-state index in [1.165, 1.54) is 30.5 Å². The molecular weight excluding hydrogens is 354 g/mol. The number of hydrogen-bond donors (Lipinski definition) is 2. The van der Waals surface area contributed by atoms with Crippen LogP contribution in [0.25, 0.3) is 0 Å². The van der Waals surface area contributed by atoms with Crippen LogP contribution in [0, 0.1) is 6.92 Å². The summed E-state index contributed by atoms with van der Waals surface area (Å²) in [5.41, 5.74) is 2.17. The number of nitrogens with zero attached hydrogens (tertiary/aromatic N) is 2. The Morgan fingerprint density at radius 2 is 1.92 bits per heavy atom. The molecule has 142 valence electrons. The van der Waals surface area contributed by atoms with E-state index in [1.807, 2.05) is 13.1 Å². The lowest BCUT2D eigenvalue weighted by Crippen LogP contribution is -2.38. The van der Waals surface area contributed by atoms with Crippen LogP contribution < -0.4 is 5.32 Å². The smallest absolute Gasteiger partial charge is 0.294 e. The van der Waals surface area contributed by atoms with Gasteiger partial charge in [0, 0.05) is 24.8 Å². The third-order valence-corrected chi connectivity index (χ3v) is 5.26. The normalized spacial score (nSPS) is 23.2. The molecule has 1 saturated carbocycles. The van der Waals surface area contributed by atoms with Gasteiger partial charge in [0.25, 0.3) is 10.1 Å². The third kappa shape index (κ3) is 5.14. The molecule has 2 aromatic rings. The highest BCUT2D eigenvalue weighted by Gasteiger charge is 2.27. The lowest BCUT2D eigenvalue weighted by atomic mass is 10.1. The highest BCUT2D eigenvalue weighted by Crippen LogP contribution is 2.35. The molecule has 2 atom stereocenters. The molecule has 1 aliphatic carbocycles. The molecule has 0 radical (unpaired) electrons. The van der Waals surface area contributed by atoms with Gasteiger partial charge in [-0.05, 0) is 38.8 Å². The van der Waals surface area contributed by atoms with Gasteiger partial charge < -0.3 is 10.1 Å². The maximum atomic E-state index is 10.5. The van der Waals surface area contributed by atoms with Gasteiger partial charge in [0.05, 0.1) is 29.3 Å². The summed E-state index contributed by atoms with van der Waals surface area (Å²) in [5.74, 6) is 0. The summed E-state index contributed by atoms with van der Waals surface area (Å²) in [4.78, 5) is -0.0666. The fraction of sp³-hybridized carbons (Fsp3) is 0.500. The van der Waals surface area contributed by atoms with Crippen molar-refractivity contribution < 1.29 is 17.7 Å². The quantitative estimate of drug-likeness (QED) is 0.796. The van der Waals surface area contributed by atoms with Crippen molar-refractivity contribution in [2.75, 3.05) is 13.1 Å². The number of benzene rings is 1. The molecule has 8 heteroatoms. The zero-order chi connectivity index (χ0) is 18.7. The molecule has 2 heterocycles. The van der Waals surface area contributed by atoms with Crippen molar-refractivity contribution in [3.63, 3.8) is 0 Å². The minimum absolute atomic E-state index is 0.0666. The monoisotopic (exact) mass is 379 g/mol. The van der Waals surface area contributed by atoms with Crippen LogP contribution in [-0.4, -0.2) is 41.9 Å². The van der Waals surface area contributed by atoms with E-state index >= 15 is 0 Å². The second-order valence-electron chi connectivity index (χ2n) is 6.87. The summed E-state index contributed by atoms with van der Waals surface area (Å²) < 4.78 is 37.5. The van der Waals surface area contributed by atoms with E-state index in [4.69, 9.17) is 9.29 Å². The van der Waals surface area contributed by atoms with Gasteiger partial charge in [0.2, 0.25) is 0 Å². The second-order valence-corrected chi connectivity index (χ2v) is 8.29. The van der Waals surface area contributed by atoms with E-state index in [1.54, 1.807) is 12.1 Å². The van der Waals surface area contributed by atoms with Gasteiger partial charge in [-0.25, -0.2) is 0 Å². The van der Waals surface area contributed by atoms with Gasteiger partial charge in [-0.1, -0.05) is 17.7 Å². The zero-order valence-corrected chi connectivity index (χ0v) is 15.8. The molecule has 1 aromatic heterocycles. The van der Waals surface area contributed by atoms with Crippen molar-refractivity contribution in [3.05, 3.63) is 47.8 Å². The van der Waals surface area contributed by atoms with E-state index in [2.05, 4.69) is 28.2 Å². The molecule has 4 rings (SSSR count). The van der Waals surface area contributed by atoms with E-state index < -0.39 is 10.1 Å². The van der Waals surface area contributed by atoms with Crippen molar-refractivity contribution in [3.8, 4) is 0 Å². The SMILES string of the molecule is C[C@@H]1CNC[C@H](c2cnn(C3CC3)c2)O1.Cc1ccc(S(=O)(=O)O)cc1. The molecule has 0 unspecified atom stereocenters. The second kappa shape index (κ2) is 7.87. The topological polar surface area (TPSA) is 93.5 Å². The first-order valence-electron chi connectivity index (χ1n) is 8.77. The van der Waals surface area contributed by atoms with Crippen LogP contribution in [0.2, 0.25) is 0 Å². The summed E-state index contributed by atoms with van der Waals surface area (Å²) in [6, 6.07) is 6.65. The number of aryl methyl sites for hydroxylation is 1. The zero-order valence-electron chi connectivity index (χ0n) is 15.0. The molecule has 2 N–H and O–H groups in total. The van der Waals surface area contributed by atoms with Crippen molar-refractivity contribution in [2.24, 2.45) is 0 Å². The molecule has 7 nitrogen and oxygen atoms in total. The van der Waals surface area contributed by atoms with E-state index in [-0.39, 0.29) is 11.0 Å². The summed E-state index contributed by atoms with van der Waals surface area (Å²) >= 11 is 0. The van der Waals surface area contributed by atoms with E-state index in [0.717, 1.165) is 18.7 Å². The van der Waals surface area contributed by atoms with Crippen LogP contribution in [-0.2, 0) is 14.9 Å². The minimum atomic E-state index is -4.02. The van der Waals surface area contributed by atoms with Crippen LogP contribution in [0.15, 0.2) is 41.6 Å². The summed E-state index contributed by atoms with van der Waals surface area (Å²) in [6.45, 7) is 5.80. The third-order valence-electron chi connectivity index (χ3n) is 4.39. The fourth-order valence-electron chi connectivity index (χ4n) is 2.76. The average molecular weight is 379 g/mol. The van der Waals surface area contributed by atoms with Gasteiger partial charge in [-0.15, -0.1) is 0 Å². The molecule has 1 aromatic carbocycles. The standard InChI is InChI=1S/C11H17N3O.C7H8O3S/c1-8-4-12-6-11(15-8)9-5-13-14(7-9)10-2-3-10;1-6-2-4-7(5-3-6)11(8,9)10/h5,7-8,10-12H,2-4,6H2,1H3;2-5H,1H3,(H,8,9,10)/t8-,11-;/m1./s1. The van der Waals surface area contributed by atoms with E-state index in [9.17, 15) is 8.42 Å². The molecule has 0 spiro atoms. The Bertz CT molecular complexity index is 828. The molecule has 2 aliphatic rings. The summed E-state index contributed by atoms with van der Waals surface area (Å²) in [5, 5.41) is 7.76. The number of nitrogens with one attached hydrogen (secondary N) is 1. The van der Waals surface area contributed by atoms with Gasteiger partial charge in [-0.2, -0.15) is 13.5 Å². The Hall–Kier alpha value is -1.74. The van der Waals surface area contributed by atoms with Crippen LogP contribution in [0.4, 0.5) is 0 Å². The lowest BCUT2D eigenvalue weighted by molar-refractivity contribution is -0.0287. The van der Waals surface area contributed by atoms with Gasteiger partial charge in [0.1, 0.15) is 0 Å². The van der Waals surface area contributed by atoms with Crippen LogP contribution in [0.1, 0.15) is 43.0 Å². The Morgan fingerprint density at radius 3 is 2.50 bits per heavy atom. The molecule has 1 aliphatic heterocycles. The maximum absolute atomic E-state index is 10.5. The number of rotatable bonds is 3. The largest absolute Gasteiger partial charge is 0.368 e. The predicted molar refractivity (Wildman–Crippen MR) is 97.6 cm³/mol. The highest BCUT2D eigenvalue weighted by atomic mass is 32.2. The molecule has 1 saturated heterocycles. The first-order valence-corrected chi connectivity index (χ1v) is 10.2. The molecular formula is C18H25N3O4S. The fourth-order valence-corrected chi connectivity index (χ4v) is 3.24.